The summed E-state index contributed by atoms with van der Waals surface area (Å²) in [5.41, 5.74) is 13.8. The molecule has 0 aliphatic rings. The molecular formula is C15H16N4OS. The first-order chi connectivity index (χ1) is 10.1. The van der Waals surface area contributed by atoms with Crippen LogP contribution in [0.25, 0.3) is 0 Å². The lowest BCUT2D eigenvalue weighted by Crippen LogP contribution is -2.14. The molecule has 1 aromatic carbocycles. The van der Waals surface area contributed by atoms with Crippen LogP contribution in [0, 0.1) is 11.3 Å². The van der Waals surface area contributed by atoms with Gasteiger partial charge in [-0.2, -0.15) is 5.26 Å². The lowest BCUT2D eigenvalue weighted by atomic mass is 10.1. The number of nitrogens with two attached hydrogens (primary N) is 2. The van der Waals surface area contributed by atoms with Gasteiger partial charge in [0.05, 0.1) is 11.3 Å². The Kier molecular flexibility index (Phi) is 4.45. The number of hydrogen-bond donors (Lipinski definition) is 3. The van der Waals surface area contributed by atoms with E-state index in [1.54, 1.807) is 0 Å². The van der Waals surface area contributed by atoms with Crippen molar-refractivity contribution in [1.29, 1.82) is 5.26 Å². The average molecular weight is 300 g/mol. The van der Waals surface area contributed by atoms with Crippen LogP contribution in [0.5, 0.6) is 0 Å². The maximum Gasteiger partial charge on any atom is 0.253 e. The van der Waals surface area contributed by atoms with Gasteiger partial charge in [0.15, 0.2) is 0 Å². The lowest BCUT2D eigenvalue weighted by Gasteiger charge is -2.07. The molecule has 108 valence electrons. The predicted octanol–water partition coefficient (Wildman–Crippen LogP) is 2.48. The smallest absolute Gasteiger partial charge is 0.253 e. The van der Waals surface area contributed by atoms with Gasteiger partial charge in [0.1, 0.15) is 15.9 Å². The zero-order valence-electron chi connectivity index (χ0n) is 11.6. The van der Waals surface area contributed by atoms with Crippen molar-refractivity contribution in [2.75, 3.05) is 11.1 Å². The molecular weight excluding hydrogens is 284 g/mol. The molecule has 0 saturated carbocycles. The molecule has 1 aromatic heterocycles. The third-order valence-corrected chi connectivity index (χ3v) is 4.25. The maximum atomic E-state index is 11.5. The van der Waals surface area contributed by atoms with Crippen LogP contribution in [0.4, 0.5) is 10.7 Å². The van der Waals surface area contributed by atoms with E-state index in [9.17, 15) is 4.79 Å². The van der Waals surface area contributed by atoms with Crippen molar-refractivity contribution < 1.29 is 4.79 Å². The van der Waals surface area contributed by atoms with Gasteiger partial charge in [-0.3, -0.25) is 4.79 Å². The first-order valence-electron chi connectivity index (χ1n) is 6.50. The number of nitrogen functional groups attached to an aromatic ring is 1. The van der Waals surface area contributed by atoms with Gasteiger partial charge in [-0.05, 0) is 17.5 Å². The largest absolute Gasteiger partial charge is 0.396 e. The molecule has 6 heteroatoms. The summed E-state index contributed by atoms with van der Waals surface area (Å²) >= 11 is 1.14. The van der Waals surface area contributed by atoms with Crippen LogP contribution in [0.15, 0.2) is 24.3 Å². The Morgan fingerprint density at radius 3 is 2.48 bits per heavy atom. The topological polar surface area (TPSA) is 105 Å². The van der Waals surface area contributed by atoms with Crippen molar-refractivity contribution in [2.24, 2.45) is 5.73 Å². The van der Waals surface area contributed by atoms with Gasteiger partial charge in [0.2, 0.25) is 0 Å². The van der Waals surface area contributed by atoms with Gasteiger partial charge >= 0.3 is 0 Å². The Morgan fingerprint density at radius 1 is 1.33 bits per heavy atom. The minimum Gasteiger partial charge on any atom is -0.396 e. The van der Waals surface area contributed by atoms with Gasteiger partial charge < -0.3 is 16.8 Å². The number of amides is 1. The Morgan fingerprint density at radius 2 is 1.95 bits per heavy atom. The van der Waals surface area contributed by atoms with E-state index < -0.39 is 5.91 Å². The van der Waals surface area contributed by atoms with Crippen LogP contribution in [0.1, 0.15) is 33.3 Å². The quantitative estimate of drug-likeness (QED) is 0.788. The molecule has 0 radical (unpaired) electrons. The highest BCUT2D eigenvalue weighted by molar-refractivity contribution is 7.17. The lowest BCUT2D eigenvalue weighted by molar-refractivity contribution is 0.100. The second-order valence-corrected chi connectivity index (χ2v) is 5.57. The standard InChI is InChI=1S/C15H16N4OS/c1-2-9-3-5-10(6-4-9)8-19-15-12(14(18)20)13(17)11(7-16)21-15/h3-6,19H,2,8,17H2,1H3,(H2,18,20). The molecule has 0 bridgehead atoms. The highest BCUT2D eigenvalue weighted by Gasteiger charge is 2.19. The first-order valence-corrected chi connectivity index (χ1v) is 7.32. The summed E-state index contributed by atoms with van der Waals surface area (Å²) in [6, 6.07) is 10.2. The average Bonchev–Trinajstić information content (AvgIpc) is 2.81. The van der Waals surface area contributed by atoms with E-state index in [0.717, 1.165) is 23.3 Å². The molecule has 1 heterocycles. The van der Waals surface area contributed by atoms with E-state index >= 15 is 0 Å². The molecule has 5 nitrogen and oxygen atoms in total. The van der Waals surface area contributed by atoms with Gasteiger partial charge in [0, 0.05) is 6.54 Å². The van der Waals surface area contributed by atoms with Crippen LogP contribution in [0.2, 0.25) is 0 Å². The fourth-order valence-electron chi connectivity index (χ4n) is 1.97. The molecule has 0 spiro atoms. The number of thiophene rings is 1. The van der Waals surface area contributed by atoms with Gasteiger partial charge in [-0.25, -0.2) is 0 Å². The summed E-state index contributed by atoms with van der Waals surface area (Å²) in [6.07, 6.45) is 0.993. The summed E-state index contributed by atoms with van der Waals surface area (Å²) in [6.45, 7) is 2.64. The Balaban J connectivity index is 2.19. The van der Waals surface area contributed by atoms with E-state index in [1.165, 1.54) is 5.56 Å². The zero-order valence-corrected chi connectivity index (χ0v) is 12.5. The van der Waals surface area contributed by atoms with E-state index in [4.69, 9.17) is 16.7 Å². The third kappa shape index (κ3) is 3.15. The summed E-state index contributed by atoms with van der Waals surface area (Å²) in [5.74, 6) is -0.630. The second-order valence-electron chi connectivity index (χ2n) is 4.55. The van der Waals surface area contributed by atoms with Crippen molar-refractivity contribution in [1.82, 2.24) is 0 Å². The van der Waals surface area contributed by atoms with Crippen LogP contribution >= 0.6 is 11.3 Å². The zero-order chi connectivity index (χ0) is 15.4. The highest BCUT2D eigenvalue weighted by Crippen LogP contribution is 2.35. The maximum absolute atomic E-state index is 11.5. The Bertz CT molecular complexity index is 698. The predicted molar refractivity (Wildman–Crippen MR) is 85.1 cm³/mol. The SMILES string of the molecule is CCc1ccc(CNc2sc(C#N)c(N)c2C(N)=O)cc1. The third-order valence-electron chi connectivity index (χ3n) is 3.18. The molecule has 0 saturated heterocycles. The van der Waals surface area contributed by atoms with Crippen LogP contribution in [-0.2, 0) is 13.0 Å². The van der Waals surface area contributed by atoms with Gasteiger partial charge in [-0.1, -0.05) is 31.2 Å². The minimum absolute atomic E-state index is 0.152. The number of nitriles is 1. The van der Waals surface area contributed by atoms with E-state index in [2.05, 4.69) is 24.4 Å². The van der Waals surface area contributed by atoms with E-state index in [1.807, 2.05) is 18.2 Å². The molecule has 1 amide bonds. The Labute approximate surface area is 127 Å². The number of aryl methyl sites for hydroxylation is 1. The molecule has 0 atom stereocenters. The Hall–Kier alpha value is -2.52. The van der Waals surface area contributed by atoms with Crippen molar-refractivity contribution >= 4 is 27.9 Å². The molecule has 0 fully saturated rings. The van der Waals surface area contributed by atoms with Crippen molar-refractivity contribution in [3.8, 4) is 6.07 Å². The number of rotatable bonds is 5. The van der Waals surface area contributed by atoms with E-state index in [0.29, 0.717) is 16.4 Å². The number of hydrogen-bond acceptors (Lipinski definition) is 5. The monoisotopic (exact) mass is 300 g/mol. The van der Waals surface area contributed by atoms with Gasteiger partial charge in [-0.15, -0.1) is 11.3 Å². The number of benzene rings is 1. The number of nitrogens with one attached hydrogen (secondary N) is 1. The number of anilines is 2. The van der Waals surface area contributed by atoms with Crippen LogP contribution in [0.3, 0.4) is 0 Å². The summed E-state index contributed by atoms with van der Waals surface area (Å²) in [7, 11) is 0. The molecule has 21 heavy (non-hydrogen) atoms. The van der Waals surface area contributed by atoms with Crippen molar-refractivity contribution in [2.45, 2.75) is 19.9 Å². The molecule has 0 unspecified atom stereocenters. The fraction of sp³-hybridized carbons (Fsp3) is 0.200. The molecule has 5 N–H and O–H groups in total. The minimum atomic E-state index is -0.630. The highest BCUT2D eigenvalue weighted by atomic mass is 32.1. The number of carbonyl (C=O) groups excluding carboxylic acids is 1. The summed E-state index contributed by atoms with van der Waals surface area (Å²) < 4.78 is 0. The van der Waals surface area contributed by atoms with E-state index in [-0.39, 0.29) is 11.3 Å². The fourth-order valence-corrected chi connectivity index (χ4v) is 2.89. The van der Waals surface area contributed by atoms with Crippen molar-refractivity contribution in [3.63, 3.8) is 0 Å². The number of nitrogens with zero attached hydrogens (tertiary/aromatic N) is 1. The normalized spacial score (nSPS) is 10.1. The van der Waals surface area contributed by atoms with Crippen molar-refractivity contribution in [3.05, 3.63) is 45.8 Å². The van der Waals surface area contributed by atoms with Crippen LogP contribution < -0.4 is 16.8 Å². The van der Waals surface area contributed by atoms with Crippen LogP contribution in [-0.4, -0.2) is 5.91 Å². The number of carbonyl (C=O) groups is 1. The molecule has 2 aromatic rings. The molecule has 0 aliphatic carbocycles. The first kappa shape index (κ1) is 14.9. The molecule has 2 rings (SSSR count). The van der Waals surface area contributed by atoms with Gasteiger partial charge in [0.25, 0.3) is 5.91 Å². The summed E-state index contributed by atoms with van der Waals surface area (Å²) in [5, 5.41) is 12.7. The molecule has 0 aliphatic heterocycles. The second kappa shape index (κ2) is 6.29. The summed E-state index contributed by atoms with van der Waals surface area (Å²) in [4.78, 5) is 11.8. The number of primary amides is 1.